The number of hydrogen-bond acceptors (Lipinski definition) is 4. The molecule has 120 valence electrons. The Morgan fingerprint density at radius 2 is 2.26 bits per heavy atom. The van der Waals surface area contributed by atoms with Crippen LogP contribution in [0.4, 0.5) is 4.39 Å². The number of aliphatic hydroxyl groups is 1. The number of methoxy groups -OCH3 is 1. The third-order valence-corrected chi connectivity index (χ3v) is 4.02. The second-order valence-electron chi connectivity index (χ2n) is 5.49. The van der Waals surface area contributed by atoms with Gasteiger partial charge in [-0.05, 0) is 30.2 Å². The van der Waals surface area contributed by atoms with Gasteiger partial charge in [-0.25, -0.2) is 4.39 Å². The van der Waals surface area contributed by atoms with Crippen LogP contribution in [-0.4, -0.2) is 40.7 Å². The second-order valence-corrected chi connectivity index (χ2v) is 5.49. The number of amides is 1. The zero-order valence-corrected chi connectivity index (χ0v) is 12.6. The average Bonchev–Trinajstić information content (AvgIpc) is 2.96. The lowest BCUT2D eigenvalue weighted by Gasteiger charge is -2.25. The number of aliphatic hydroxyl groups excluding tert-OH is 1. The van der Waals surface area contributed by atoms with E-state index in [2.05, 4.69) is 4.98 Å². The van der Waals surface area contributed by atoms with Gasteiger partial charge in [-0.3, -0.25) is 9.78 Å². The molecule has 5 nitrogen and oxygen atoms in total. The zero-order valence-electron chi connectivity index (χ0n) is 12.6. The molecule has 1 fully saturated rings. The third kappa shape index (κ3) is 3.03. The molecule has 2 aromatic rings. The molecule has 3 rings (SSSR count). The van der Waals surface area contributed by atoms with E-state index in [0.29, 0.717) is 12.2 Å². The molecule has 0 radical (unpaired) electrons. The Morgan fingerprint density at radius 1 is 1.43 bits per heavy atom. The molecule has 1 aromatic carbocycles. The van der Waals surface area contributed by atoms with Crippen LogP contribution in [0.3, 0.4) is 0 Å². The smallest absolute Gasteiger partial charge is 0.257 e. The van der Waals surface area contributed by atoms with E-state index in [-0.39, 0.29) is 18.2 Å². The van der Waals surface area contributed by atoms with Crippen molar-refractivity contribution in [3.05, 3.63) is 59.7 Å². The summed E-state index contributed by atoms with van der Waals surface area (Å²) >= 11 is 0. The van der Waals surface area contributed by atoms with E-state index in [1.807, 2.05) is 24.3 Å². The van der Waals surface area contributed by atoms with Crippen molar-refractivity contribution in [2.24, 2.45) is 0 Å². The molecule has 0 aliphatic carbocycles. The number of likely N-dealkylation sites (tertiary alicyclic amines) is 1. The number of aromatic nitrogens is 1. The van der Waals surface area contributed by atoms with Gasteiger partial charge in [0.2, 0.25) is 0 Å². The van der Waals surface area contributed by atoms with Crippen LogP contribution in [0.15, 0.2) is 42.7 Å². The van der Waals surface area contributed by atoms with Crippen LogP contribution >= 0.6 is 0 Å². The lowest BCUT2D eigenvalue weighted by atomic mass is 10.0. The highest BCUT2D eigenvalue weighted by Gasteiger charge is 2.36. The Bertz CT molecular complexity index is 722. The van der Waals surface area contributed by atoms with Crippen LogP contribution in [0.5, 0.6) is 5.75 Å². The summed E-state index contributed by atoms with van der Waals surface area (Å²) in [4.78, 5) is 17.8. The van der Waals surface area contributed by atoms with Gasteiger partial charge in [0, 0.05) is 12.7 Å². The van der Waals surface area contributed by atoms with Crippen molar-refractivity contribution in [1.29, 1.82) is 0 Å². The van der Waals surface area contributed by atoms with Crippen LogP contribution in [0.25, 0.3) is 0 Å². The number of ether oxygens (including phenoxy) is 1. The highest BCUT2D eigenvalue weighted by atomic mass is 19.1. The number of benzene rings is 1. The predicted molar refractivity (Wildman–Crippen MR) is 81.6 cm³/mol. The van der Waals surface area contributed by atoms with E-state index in [9.17, 15) is 14.3 Å². The van der Waals surface area contributed by atoms with Gasteiger partial charge in [-0.2, -0.15) is 0 Å². The quantitative estimate of drug-likeness (QED) is 0.943. The monoisotopic (exact) mass is 316 g/mol. The first-order valence-corrected chi connectivity index (χ1v) is 7.32. The van der Waals surface area contributed by atoms with Crippen molar-refractivity contribution in [1.82, 2.24) is 9.88 Å². The molecule has 0 bridgehead atoms. The van der Waals surface area contributed by atoms with Crippen LogP contribution in [-0.2, 0) is 0 Å². The van der Waals surface area contributed by atoms with E-state index in [0.717, 1.165) is 11.8 Å². The maximum absolute atomic E-state index is 13.8. The van der Waals surface area contributed by atoms with Crippen LogP contribution in [0, 0.1) is 5.82 Å². The summed E-state index contributed by atoms with van der Waals surface area (Å²) in [6.07, 6.45) is 2.16. The van der Waals surface area contributed by atoms with Crippen LogP contribution in [0.1, 0.15) is 28.4 Å². The Kier molecular flexibility index (Phi) is 4.25. The molecular formula is C17H17FN2O3. The second kappa shape index (κ2) is 6.34. The van der Waals surface area contributed by atoms with Crippen LogP contribution in [0.2, 0.25) is 0 Å². The molecule has 1 N–H and O–H groups in total. The average molecular weight is 316 g/mol. The van der Waals surface area contributed by atoms with Crippen molar-refractivity contribution in [3.63, 3.8) is 0 Å². The van der Waals surface area contributed by atoms with Gasteiger partial charge < -0.3 is 14.7 Å². The Labute approximate surface area is 133 Å². The van der Waals surface area contributed by atoms with Crippen molar-refractivity contribution in [2.75, 3.05) is 13.7 Å². The molecule has 0 spiro atoms. The molecule has 0 saturated carbocycles. The molecule has 1 amide bonds. The van der Waals surface area contributed by atoms with Crippen molar-refractivity contribution >= 4 is 5.91 Å². The standard InChI is InChI=1S/C17H17FN2O3/c1-23-13-4-2-3-11(7-13)16-8-12(21)10-20(16)17(22)14-5-6-19-9-15(14)18/h2-7,9,12,16,21H,8,10H2,1H3/t12-,16+/m1/s1. The lowest BCUT2D eigenvalue weighted by Crippen LogP contribution is -2.32. The molecule has 1 aliphatic rings. The van der Waals surface area contributed by atoms with E-state index in [4.69, 9.17) is 4.74 Å². The number of rotatable bonds is 3. The van der Waals surface area contributed by atoms with Crippen molar-refractivity contribution < 1.29 is 19.0 Å². The highest BCUT2D eigenvalue weighted by molar-refractivity contribution is 5.94. The topological polar surface area (TPSA) is 62.7 Å². The summed E-state index contributed by atoms with van der Waals surface area (Å²) in [7, 11) is 1.57. The largest absolute Gasteiger partial charge is 0.497 e. The number of pyridine rings is 1. The van der Waals surface area contributed by atoms with Crippen molar-refractivity contribution in [2.45, 2.75) is 18.6 Å². The number of β-amino-alcohol motifs (C(OH)–C–C–N with tert-alkyl or cyclic N) is 1. The molecule has 23 heavy (non-hydrogen) atoms. The normalized spacial score (nSPS) is 20.6. The highest BCUT2D eigenvalue weighted by Crippen LogP contribution is 2.34. The van der Waals surface area contributed by atoms with Crippen LogP contribution < -0.4 is 4.74 Å². The number of halogens is 1. The summed E-state index contributed by atoms with van der Waals surface area (Å²) in [5.41, 5.74) is 0.811. The minimum absolute atomic E-state index is 0.0398. The van der Waals surface area contributed by atoms with Gasteiger partial charge in [-0.1, -0.05) is 12.1 Å². The SMILES string of the molecule is COc1cccc([C@@H]2C[C@@H](O)CN2C(=O)c2ccncc2F)c1. The molecule has 2 atom stereocenters. The number of carbonyl (C=O) groups excluding carboxylic acids is 1. The van der Waals surface area contributed by atoms with E-state index < -0.39 is 17.8 Å². The zero-order chi connectivity index (χ0) is 16.4. The molecule has 1 aromatic heterocycles. The fourth-order valence-electron chi connectivity index (χ4n) is 2.91. The molecular weight excluding hydrogens is 299 g/mol. The molecule has 1 aliphatic heterocycles. The minimum atomic E-state index is -0.664. The summed E-state index contributed by atoms with van der Waals surface area (Å²) in [5.74, 6) is -0.441. The molecule has 1 saturated heterocycles. The van der Waals surface area contributed by atoms with Gasteiger partial charge >= 0.3 is 0 Å². The third-order valence-electron chi connectivity index (χ3n) is 4.02. The van der Waals surface area contributed by atoms with E-state index >= 15 is 0 Å². The van der Waals surface area contributed by atoms with Gasteiger partial charge in [0.25, 0.3) is 5.91 Å². The minimum Gasteiger partial charge on any atom is -0.497 e. The molecule has 0 unspecified atom stereocenters. The number of hydrogen-bond donors (Lipinski definition) is 1. The van der Waals surface area contributed by atoms with E-state index in [1.54, 1.807) is 7.11 Å². The van der Waals surface area contributed by atoms with Gasteiger partial charge in [-0.15, -0.1) is 0 Å². The lowest BCUT2D eigenvalue weighted by molar-refractivity contribution is 0.0710. The Balaban J connectivity index is 1.93. The maximum atomic E-state index is 13.8. The fourth-order valence-corrected chi connectivity index (χ4v) is 2.91. The summed E-state index contributed by atoms with van der Waals surface area (Å²) < 4.78 is 19.1. The predicted octanol–water partition coefficient (Wildman–Crippen LogP) is 2.18. The fraction of sp³-hybridized carbons (Fsp3) is 0.294. The van der Waals surface area contributed by atoms with Gasteiger partial charge in [0.05, 0.1) is 31.0 Å². The first kappa shape index (κ1) is 15.4. The van der Waals surface area contributed by atoms with Crippen molar-refractivity contribution in [3.8, 4) is 5.75 Å². The van der Waals surface area contributed by atoms with E-state index in [1.165, 1.54) is 17.2 Å². The first-order valence-electron chi connectivity index (χ1n) is 7.32. The van der Waals surface area contributed by atoms with Gasteiger partial charge in [0.1, 0.15) is 5.75 Å². The van der Waals surface area contributed by atoms with Gasteiger partial charge in [0.15, 0.2) is 5.82 Å². The first-order chi connectivity index (χ1) is 11.1. The molecule has 2 heterocycles. The summed E-state index contributed by atoms with van der Waals surface area (Å²) in [6.45, 7) is 0.169. The Hall–Kier alpha value is -2.47. The summed E-state index contributed by atoms with van der Waals surface area (Å²) in [6, 6.07) is 8.36. The number of nitrogens with zero attached hydrogens (tertiary/aromatic N) is 2. The number of carbonyl (C=O) groups is 1. The summed E-state index contributed by atoms with van der Waals surface area (Å²) in [5, 5.41) is 9.99. The maximum Gasteiger partial charge on any atom is 0.257 e. The Morgan fingerprint density at radius 3 is 3.00 bits per heavy atom. The molecule has 6 heteroatoms.